The summed E-state index contributed by atoms with van der Waals surface area (Å²) < 4.78 is 10.1. The molecule has 0 aliphatic rings. The van der Waals surface area contributed by atoms with Crippen molar-refractivity contribution in [3.05, 3.63) is 54.2 Å². The van der Waals surface area contributed by atoms with Gasteiger partial charge in [-0.15, -0.1) is 0 Å². The molecule has 124 valence electrons. The van der Waals surface area contributed by atoms with Crippen molar-refractivity contribution in [2.75, 3.05) is 10.6 Å². The Hall–Kier alpha value is -3.68. The van der Waals surface area contributed by atoms with Gasteiger partial charge in [0, 0.05) is 5.56 Å². The highest BCUT2D eigenvalue weighted by Crippen LogP contribution is 2.31. The van der Waals surface area contributed by atoms with Crippen LogP contribution < -0.4 is 10.6 Å². The molecule has 25 heavy (non-hydrogen) atoms. The average molecular weight is 335 g/mol. The molecule has 0 bridgehead atoms. The number of carbonyl (C=O) groups is 1. The molecule has 0 unspecified atom stereocenters. The largest absolute Gasteiger partial charge is 0.354 e. The van der Waals surface area contributed by atoms with Crippen LogP contribution >= 0.6 is 0 Å². The third-order valence-corrected chi connectivity index (χ3v) is 3.67. The van der Waals surface area contributed by atoms with Gasteiger partial charge in [0.1, 0.15) is 16.9 Å². The first-order valence-corrected chi connectivity index (χ1v) is 7.53. The number of urea groups is 1. The Bertz CT molecular complexity index is 1040. The summed E-state index contributed by atoms with van der Waals surface area (Å²) in [5.74, 6) is 0.495. The first kappa shape index (κ1) is 14.9. The quantitative estimate of drug-likeness (QED) is 0.589. The first-order chi connectivity index (χ1) is 12.2. The number of carbonyl (C=O) groups excluding carboxylic acids is 1. The van der Waals surface area contributed by atoms with Gasteiger partial charge in [0.2, 0.25) is 0 Å². The van der Waals surface area contributed by atoms with Gasteiger partial charge in [-0.2, -0.15) is 0 Å². The van der Waals surface area contributed by atoms with Crippen molar-refractivity contribution in [2.45, 2.75) is 6.92 Å². The lowest BCUT2D eigenvalue weighted by atomic mass is 10.1. The molecule has 2 heterocycles. The molecular weight excluding hydrogens is 322 g/mol. The number of rotatable bonds is 3. The van der Waals surface area contributed by atoms with E-state index in [1.807, 2.05) is 30.3 Å². The molecule has 8 heteroatoms. The lowest BCUT2D eigenvalue weighted by molar-refractivity contribution is 0.262. The summed E-state index contributed by atoms with van der Waals surface area (Å²) in [6, 6.07) is 14.2. The maximum atomic E-state index is 12.4. The minimum atomic E-state index is -0.445. The number of amides is 2. The van der Waals surface area contributed by atoms with Crippen molar-refractivity contribution in [1.29, 1.82) is 0 Å². The van der Waals surface area contributed by atoms with Gasteiger partial charge in [-0.25, -0.2) is 9.42 Å². The highest BCUT2D eigenvalue weighted by molar-refractivity contribution is 6.05. The molecular formula is C17H13N5O3. The number of nitrogens with zero attached hydrogens (tertiary/aromatic N) is 3. The molecule has 0 aliphatic heterocycles. The molecule has 2 amide bonds. The Kier molecular flexibility index (Phi) is 3.62. The molecule has 2 aromatic carbocycles. The maximum absolute atomic E-state index is 12.4. The topological polar surface area (TPSA) is 106 Å². The third-order valence-electron chi connectivity index (χ3n) is 3.67. The van der Waals surface area contributed by atoms with Crippen LogP contribution in [0.2, 0.25) is 0 Å². The van der Waals surface area contributed by atoms with Gasteiger partial charge in [0.05, 0.1) is 5.69 Å². The molecule has 0 spiro atoms. The van der Waals surface area contributed by atoms with E-state index in [4.69, 9.17) is 9.15 Å². The van der Waals surface area contributed by atoms with Crippen molar-refractivity contribution in [3.63, 3.8) is 0 Å². The normalized spacial score (nSPS) is 10.8. The van der Waals surface area contributed by atoms with Crippen molar-refractivity contribution < 1.29 is 13.9 Å². The third kappa shape index (κ3) is 2.80. The molecule has 0 aliphatic carbocycles. The Morgan fingerprint density at radius 1 is 0.960 bits per heavy atom. The zero-order valence-electron chi connectivity index (χ0n) is 13.2. The summed E-state index contributed by atoms with van der Waals surface area (Å²) in [5, 5.41) is 17.0. The zero-order chi connectivity index (χ0) is 17.2. The molecule has 0 atom stereocenters. The zero-order valence-corrected chi connectivity index (χ0v) is 13.2. The van der Waals surface area contributed by atoms with Crippen LogP contribution in [0.4, 0.5) is 16.2 Å². The van der Waals surface area contributed by atoms with Crippen molar-refractivity contribution in [2.24, 2.45) is 0 Å². The second-order valence-electron chi connectivity index (χ2n) is 5.35. The summed E-state index contributed by atoms with van der Waals surface area (Å²) >= 11 is 0. The highest BCUT2D eigenvalue weighted by Gasteiger charge is 2.18. The monoisotopic (exact) mass is 335 g/mol. The number of aryl methyl sites for hydroxylation is 1. The number of anilines is 2. The molecule has 0 saturated heterocycles. The van der Waals surface area contributed by atoms with Crippen LogP contribution in [0.1, 0.15) is 5.69 Å². The van der Waals surface area contributed by atoms with Gasteiger partial charge in [0.25, 0.3) is 0 Å². The van der Waals surface area contributed by atoms with Gasteiger partial charge in [-0.3, -0.25) is 0 Å². The summed E-state index contributed by atoms with van der Waals surface area (Å²) in [7, 11) is 0. The number of hydrogen-bond donors (Lipinski definition) is 2. The number of nitrogens with one attached hydrogen (secondary N) is 2. The number of fused-ring (bicyclic) bond motifs is 1. The second-order valence-corrected chi connectivity index (χ2v) is 5.35. The standard InChI is InChI=1S/C17H13N5O3/c1-10-14(16(24-20-10)11-6-3-2-4-7-11)19-17(23)18-12-8-5-9-13-15(12)22-25-21-13/h2-9H,1H3,(H2,18,19,23). The van der Waals surface area contributed by atoms with Gasteiger partial charge in [0.15, 0.2) is 11.3 Å². The minimum Gasteiger partial charge on any atom is -0.354 e. The van der Waals surface area contributed by atoms with E-state index in [-0.39, 0.29) is 0 Å². The van der Waals surface area contributed by atoms with Crippen LogP contribution in [0.15, 0.2) is 57.7 Å². The maximum Gasteiger partial charge on any atom is 0.323 e. The van der Waals surface area contributed by atoms with Crippen LogP contribution in [0.5, 0.6) is 0 Å². The molecule has 2 N–H and O–H groups in total. The van der Waals surface area contributed by atoms with Crippen molar-refractivity contribution >= 4 is 28.4 Å². The van der Waals surface area contributed by atoms with E-state index in [0.29, 0.717) is 33.9 Å². The van der Waals surface area contributed by atoms with Crippen LogP contribution in [-0.4, -0.2) is 21.5 Å². The summed E-state index contributed by atoms with van der Waals surface area (Å²) in [5.41, 5.74) is 3.43. The van der Waals surface area contributed by atoms with E-state index in [1.54, 1.807) is 25.1 Å². The Morgan fingerprint density at radius 3 is 2.64 bits per heavy atom. The summed E-state index contributed by atoms with van der Waals surface area (Å²) in [6.45, 7) is 1.76. The van der Waals surface area contributed by atoms with E-state index in [1.165, 1.54) is 0 Å². The molecule has 0 saturated carbocycles. The van der Waals surface area contributed by atoms with E-state index in [0.717, 1.165) is 5.56 Å². The number of hydrogen-bond acceptors (Lipinski definition) is 6. The fraction of sp³-hybridized carbons (Fsp3) is 0.0588. The average Bonchev–Trinajstić information content (AvgIpc) is 3.24. The van der Waals surface area contributed by atoms with E-state index >= 15 is 0 Å². The molecule has 4 aromatic rings. The van der Waals surface area contributed by atoms with Gasteiger partial charge in [-0.05, 0) is 29.4 Å². The van der Waals surface area contributed by atoms with Crippen LogP contribution in [-0.2, 0) is 0 Å². The van der Waals surface area contributed by atoms with Crippen LogP contribution in [0.3, 0.4) is 0 Å². The first-order valence-electron chi connectivity index (χ1n) is 7.53. The smallest absolute Gasteiger partial charge is 0.323 e. The minimum absolute atomic E-state index is 0.445. The van der Waals surface area contributed by atoms with Crippen LogP contribution in [0.25, 0.3) is 22.4 Å². The van der Waals surface area contributed by atoms with Gasteiger partial charge < -0.3 is 15.2 Å². The summed E-state index contributed by atoms with van der Waals surface area (Å²) in [6.07, 6.45) is 0. The van der Waals surface area contributed by atoms with Crippen molar-refractivity contribution in [3.8, 4) is 11.3 Å². The molecule has 4 rings (SSSR count). The molecule has 8 nitrogen and oxygen atoms in total. The SMILES string of the molecule is Cc1noc(-c2ccccc2)c1NC(=O)Nc1cccc2nonc12. The van der Waals surface area contributed by atoms with Gasteiger partial charge in [-0.1, -0.05) is 41.6 Å². The van der Waals surface area contributed by atoms with E-state index in [2.05, 4.69) is 26.1 Å². The second kappa shape index (κ2) is 6.08. The molecule has 0 radical (unpaired) electrons. The lowest BCUT2D eigenvalue weighted by Gasteiger charge is -2.08. The molecule has 0 fully saturated rings. The van der Waals surface area contributed by atoms with Crippen molar-refractivity contribution in [1.82, 2.24) is 15.5 Å². The Morgan fingerprint density at radius 2 is 1.80 bits per heavy atom. The number of benzene rings is 2. The molecule has 2 aromatic heterocycles. The van der Waals surface area contributed by atoms with Crippen LogP contribution in [0, 0.1) is 6.92 Å². The highest BCUT2D eigenvalue weighted by atomic mass is 16.6. The number of aromatic nitrogens is 3. The predicted octanol–water partition coefficient (Wildman–Crippen LogP) is 3.83. The van der Waals surface area contributed by atoms with Gasteiger partial charge >= 0.3 is 6.03 Å². The Labute approximate surface area is 141 Å². The fourth-order valence-electron chi connectivity index (χ4n) is 2.48. The van der Waals surface area contributed by atoms with E-state index in [9.17, 15) is 4.79 Å². The summed E-state index contributed by atoms with van der Waals surface area (Å²) in [4.78, 5) is 12.4. The predicted molar refractivity (Wildman–Crippen MR) is 91.1 cm³/mol. The lowest BCUT2D eigenvalue weighted by Crippen LogP contribution is -2.20. The fourth-order valence-corrected chi connectivity index (χ4v) is 2.48. The van der Waals surface area contributed by atoms with E-state index < -0.39 is 6.03 Å². The Balaban J connectivity index is 1.60.